The molecule has 3 heterocycles. The van der Waals surface area contributed by atoms with Crippen LogP contribution in [0.5, 0.6) is 11.5 Å². The molecule has 9 nitrogen and oxygen atoms in total. The highest BCUT2D eigenvalue weighted by atomic mass is 79.9. The van der Waals surface area contributed by atoms with Crippen LogP contribution in [0, 0.1) is 0 Å². The van der Waals surface area contributed by atoms with Gasteiger partial charge in [0.05, 0.1) is 11.7 Å². The summed E-state index contributed by atoms with van der Waals surface area (Å²) in [6.07, 6.45) is 3.39. The lowest BCUT2D eigenvalue weighted by atomic mass is 10.1. The zero-order valence-corrected chi connectivity index (χ0v) is 17.3. The van der Waals surface area contributed by atoms with Gasteiger partial charge in [-0.2, -0.15) is 4.68 Å². The number of halogens is 1. The van der Waals surface area contributed by atoms with Gasteiger partial charge in [0.1, 0.15) is 4.60 Å². The van der Waals surface area contributed by atoms with E-state index < -0.39 is 10.8 Å². The molecule has 2 unspecified atom stereocenters. The Morgan fingerprint density at radius 1 is 1.29 bits per heavy atom. The van der Waals surface area contributed by atoms with Crippen LogP contribution in [0.2, 0.25) is 0 Å². The summed E-state index contributed by atoms with van der Waals surface area (Å²) < 4.78 is 24.7. The number of tetrazole rings is 1. The van der Waals surface area contributed by atoms with Crippen LogP contribution >= 0.6 is 15.9 Å². The van der Waals surface area contributed by atoms with Crippen molar-refractivity contribution >= 4 is 26.7 Å². The van der Waals surface area contributed by atoms with Crippen LogP contribution in [0.15, 0.2) is 41.1 Å². The molecule has 1 aliphatic rings. The van der Waals surface area contributed by atoms with Gasteiger partial charge in [-0.25, -0.2) is 4.98 Å². The summed E-state index contributed by atoms with van der Waals surface area (Å²) in [5, 5.41) is 15.7. The molecule has 0 bridgehead atoms. The van der Waals surface area contributed by atoms with E-state index in [9.17, 15) is 4.21 Å². The molecule has 28 heavy (non-hydrogen) atoms. The Morgan fingerprint density at radius 3 is 2.96 bits per heavy atom. The zero-order valence-electron chi connectivity index (χ0n) is 14.9. The number of nitrogens with zero attached hydrogens (tertiary/aromatic N) is 5. The van der Waals surface area contributed by atoms with E-state index in [1.165, 1.54) is 0 Å². The number of ether oxygens (including phenoxy) is 2. The van der Waals surface area contributed by atoms with Crippen LogP contribution in [0.4, 0.5) is 0 Å². The van der Waals surface area contributed by atoms with Gasteiger partial charge in [0.15, 0.2) is 17.3 Å². The minimum absolute atomic E-state index is 0.199. The molecule has 0 aliphatic carbocycles. The van der Waals surface area contributed by atoms with Crippen LogP contribution in [0.1, 0.15) is 17.4 Å². The maximum Gasteiger partial charge on any atom is 0.231 e. The molecule has 1 aromatic carbocycles. The summed E-state index contributed by atoms with van der Waals surface area (Å²) in [6, 6.07) is 9.01. The third-order valence-corrected chi connectivity index (χ3v) is 5.39. The van der Waals surface area contributed by atoms with Gasteiger partial charge < -0.3 is 14.8 Å². The molecule has 11 heteroatoms. The number of aromatic nitrogens is 5. The molecule has 2 aromatic heterocycles. The highest BCUT2D eigenvalue weighted by Gasteiger charge is 2.23. The van der Waals surface area contributed by atoms with Gasteiger partial charge in [0.2, 0.25) is 6.79 Å². The number of benzene rings is 1. The molecule has 0 saturated heterocycles. The predicted octanol–water partition coefficient (Wildman–Crippen LogP) is 1.61. The highest BCUT2D eigenvalue weighted by Crippen LogP contribution is 2.34. The van der Waals surface area contributed by atoms with E-state index in [1.807, 2.05) is 30.3 Å². The lowest BCUT2D eigenvalue weighted by Gasteiger charge is -2.18. The normalized spacial score (nSPS) is 14.8. The summed E-state index contributed by atoms with van der Waals surface area (Å²) >= 11 is 3.41. The van der Waals surface area contributed by atoms with E-state index in [0.29, 0.717) is 34.2 Å². The first-order valence-electron chi connectivity index (χ1n) is 8.45. The average Bonchev–Trinajstić information content (AvgIpc) is 3.33. The van der Waals surface area contributed by atoms with Crippen molar-refractivity contribution in [2.75, 3.05) is 25.3 Å². The first kappa shape index (κ1) is 19.0. The van der Waals surface area contributed by atoms with Crippen molar-refractivity contribution in [3.05, 3.63) is 52.5 Å². The van der Waals surface area contributed by atoms with Gasteiger partial charge in [-0.05, 0) is 56.2 Å². The van der Waals surface area contributed by atoms with E-state index in [2.05, 4.69) is 41.8 Å². The average molecular weight is 465 g/mol. The maximum atomic E-state index is 11.5. The molecule has 146 valence electrons. The molecule has 4 rings (SSSR count). The highest BCUT2D eigenvalue weighted by molar-refractivity contribution is 9.10. The van der Waals surface area contributed by atoms with Gasteiger partial charge in [0.25, 0.3) is 0 Å². The number of rotatable bonds is 7. The fourth-order valence-corrected chi connectivity index (χ4v) is 3.66. The zero-order chi connectivity index (χ0) is 19.5. The van der Waals surface area contributed by atoms with E-state index >= 15 is 0 Å². The quantitative estimate of drug-likeness (QED) is 0.525. The predicted molar refractivity (Wildman–Crippen MR) is 106 cm³/mol. The third kappa shape index (κ3) is 4.05. The summed E-state index contributed by atoms with van der Waals surface area (Å²) in [6.45, 7) is 0.742. The van der Waals surface area contributed by atoms with E-state index in [-0.39, 0.29) is 12.8 Å². The van der Waals surface area contributed by atoms with E-state index in [1.54, 1.807) is 17.1 Å². The monoisotopic (exact) mass is 464 g/mol. The van der Waals surface area contributed by atoms with Crippen molar-refractivity contribution < 1.29 is 13.7 Å². The van der Waals surface area contributed by atoms with Gasteiger partial charge in [-0.3, -0.25) is 4.21 Å². The molecule has 3 aromatic rings. The van der Waals surface area contributed by atoms with Crippen molar-refractivity contribution in [3.8, 4) is 17.2 Å². The molecule has 0 radical (unpaired) electrons. The Hall–Kier alpha value is -2.37. The largest absolute Gasteiger partial charge is 0.454 e. The maximum absolute atomic E-state index is 11.5. The summed E-state index contributed by atoms with van der Waals surface area (Å²) in [7, 11) is -0.904. The number of nitrogens with one attached hydrogen (secondary N) is 1. The molecule has 0 fully saturated rings. The Labute approximate surface area is 172 Å². The van der Waals surface area contributed by atoms with Gasteiger partial charge in [-0.15, -0.1) is 5.10 Å². The van der Waals surface area contributed by atoms with E-state index in [4.69, 9.17) is 9.47 Å². The molecule has 0 spiro atoms. The van der Waals surface area contributed by atoms with Crippen molar-refractivity contribution in [1.29, 1.82) is 0 Å². The van der Waals surface area contributed by atoms with Gasteiger partial charge in [-0.1, -0.05) is 0 Å². The van der Waals surface area contributed by atoms with Crippen LogP contribution in [0.3, 0.4) is 0 Å². The third-order valence-electron chi connectivity index (χ3n) is 4.17. The first-order chi connectivity index (χ1) is 13.6. The number of hydrogen-bond donors (Lipinski definition) is 1. The Balaban J connectivity index is 1.71. The molecular weight excluding hydrogens is 448 g/mol. The smallest absolute Gasteiger partial charge is 0.231 e. The fraction of sp³-hybridized carbons (Fsp3) is 0.294. The number of hydrogen-bond acceptors (Lipinski definition) is 8. The second-order valence-corrected chi connectivity index (χ2v) is 8.43. The Bertz CT molecular complexity index is 1010. The minimum atomic E-state index is -0.904. The van der Waals surface area contributed by atoms with Crippen LogP contribution < -0.4 is 14.8 Å². The van der Waals surface area contributed by atoms with Gasteiger partial charge in [0, 0.05) is 41.6 Å². The molecule has 0 amide bonds. The summed E-state index contributed by atoms with van der Waals surface area (Å²) in [4.78, 5) is 4.18. The van der Waals surface area contributed by atoms with Crippen molar-refractivity contribution in [2.24, 2.45) is 0 Å². The van der Waals surface area contributed by atoms with Crippen LogP contribution in [0.25, 0.3) is 5.69 Å². The SMILES string of the molecule is CS(=O)CCNC(c1ccnc(Br)c1)c1nnnn1-c1ccc2c(c1)OCO2. The molecular formula is C17H17BrN6O3S. The van der Waals surface area contributed by atoms with Crippen molar-refractivity contribution in [1.82, 2.24) is 30.5 Å². The van der Waals surface area contributed by atoms with Crippen LogP contribution in [-0.2, 0) is 10.8 Å². The minimum Gasteiger partial charge on any atom is -0.454 e. The first-order valence-corrected chi connectivity index (χ1v) is 11.0. The summed E-state index contributed by atoms with van der Waals surface area (Å²) in [5.74, 6) is 2.46. The van der Waals surface area contributed by atoms with Crippen molar-refractivity contribution in [3.63, 3.8) is 0 Å². The van der Waals surface area contributed by atoms with Crippen LogP contribution in [-0.4, -0.2) is 54.7 Å². The molecule has 0 saturated carbocycles. The number of fused-ring (bicyclic) bond motifs is 1. The lowest BCUT2D eigenvalue weighted by molar-refractivity contribution is 0.174. The fourth-order valence-electron chi connectivity index (χ4n) is 2.88. The number of pyridine rings is 1. The molecule has 1 N–H and O–H groups in total. The lowest BCUT2D eigenvalue weighted by Crippen LogP contribution is -2.29. The second kappa shape index (κ2) is 8.33. The van der Waals surface area contributed by atoms with Crippen molar-refractivity contribution in [2.45, 2.75) is 6.04 Å². The second-order valence-electron chi connectivity index (χ2n) is 6.06. The van der Waals surface area contributed by atoms with E-state index in [0.717, 1.165) is 11.3 Å². The Morgan fingerprint density at radius 2 is 2.14 bits per heavy atom. The molecule has 2 atom stereocenters. The topological polar surface area (TPSA) is 104 Å². The standard InChI is InChI=1S/C17H17BrN6O3S/c1-28(25)7-6-20-16(11-4-5-19-15(18)8-11)17-21-22-23-24(17)12-2-3-13-14(9-12)27-10-26-13/h2-5,8-9,16,20H,6-7,10H2,1H3. The summed E-state index contributed by atoms with van der Waals surface area (Å²) in [5.41, 5.74) is 1.68. The van der Waals surface area contributed by atoms with Gasteiger partial charge >= 0.3 is 0 Å². The Kier molecular flexibility index (Phi) is 5.64. The molecule has 1 aliphatic heterocycles.